The van der Waals surface area contributed by atoms with Crippen LogP contribution in [0.25, 0.3) is 10.8 Å². The van der Waals surface area contributed by atoms with Crippen molar-refractivity contribution < 1.29 is 30.6 Å². The quantitative estimate of drug-likeness (QED) is 0.497. The van der Waals surface area contributed by atoms with E-state index in [2.05, 4.69) is 4.18 Å². The summed E-state index contributed by atoms with van der Waals surface area (Å²) in [6.07, 6.45) is 0.593. The first kappa shape index (κ1) is 14.3. The Kier molecular flexibility index (Phi) is 3.43. The molecule has 0 saturated carbocycles. The van der Waals surface area contributed by atoms with E-state index in [4.69, 9.17) is 0 Å². The number of fused-ring (bicyclic) bond motifs is 1. The molecule has 0 N–H and O–H groups in total. The van der Waals surface area contributed by atoms with Crippen molar-refractivity contribution in [3.05, 3.63) is 42.0 Å². The van der Waals surface area contributed by atoms with Crippen LogP contribution >= 0.6 is 0 Å². The van der Waals surface area contributed by atoms with Gasteiger partial charge in [0.15, 0.2) is 6.29 Å². The molecule has 0 fully saturated rings. The molecule has 0 aromatic heterocycles. The van der Waals surface area contributed by atoms with Crippen LogP contribution in [0.5, 0.6) is 5.75 Å². The molecule has 0 aliphatic carbocycles. The molecule has 0 aliphatic heterocycles. The molecule has 0 heterocycles. The summed E-state index contributed by atoms with van der Waals surface area (Å²) in [5, 5.41) is 0.878. The number of hydrogen-bond donors (Lipinski definition) is 0. The summed E-state index contributed by atoms with van der Waals surface area (Å²) in [6, 6.07) is 8.07. The molecule has 2 aromatic rings. The number of alkyl halides is 3. The normalized spacial score (nSPS) is 12.3. The lowest BCUT2D eigenvalue weighted by Gasteiger charge is -2.10. The Balaban J connectivity index is 2.46. The lowest BCUT2D eigenvalue weighted by atomic mass is 10.1. The highest BCUT2D eigenvalue weighted by molar-refractivity contribution is 7.88. The van der Waals surface area contributed by atoms with Crippen LogP contribution in [0, 0.1) is 0 Å². The van der Waals surface area contributed by atoms with Crippen LogP contribution in [-0.2, 0) is 10.1 Å². The minimum Gasteiger partial charge on any atom is -0.376 e. The number of aldehydes is 1. The third-order valence-corrected chi connectivity index (χ3v) is 3.48. The molecule has 0 aliphatic rings. The molecule has 2 aromatic carbocycles. The molecule has 0 bridgehead atoms. The van der Waals surface area contributed by atoms with Crippen LogP contribution in [0.3, 0.4) is 0 Å². The minimum atomic E-state index is -5.70. The second kappa shape index (κ2) is 4.78. The topological polar surface area (TPSA) is 60.4 Å². The lowest BCUT2D eigenvalue weighted by Crippen LogP contribution is -2.28. The van der Waals surface area contributed by atoms with E-state index in [1.54, 1.807) is 0 Å². The maximum atomic E-state index is 12.2. The molecule has 20 heavy (non-hydrogen) atoms. The molecule has 4 nitrogen and oxygen atoms in total. The standard InChI is InChI=1S/C12H7F3O4S/c13-12(14,15)20(17,18)19-10-4-5-11-8(6-10)2-1-3-9(11)7-16/h1-7H. The zero-order valence-corrected chi connectivity index (χ0v) is 10.5. The van der Waals surface area contributed by atoms with Crippen molar-refractivity contribution in [1.29, 1.82) is 0 Å². The van der Waals surface area contributed by atoms with E-state index < -0.39 is 21.4 Å². The van der Waals surface area contributed by atoms with Crippen molar-refractivity contribution in [2.24, 2.45) is 0 Å². The zero-order valence-electron chi connectivity index (χ0n) is 9.72. The number of benzene rings is 2. The molecule has 8 heteroatoms. The molecule has 0 amide bonds. The first-order valence-electron chi connectivity index (χ1n) is 5.23. The molecule has 0 saturated heterocycles. The predicted octanol–water partition coefficient (Wildman–Crippen LogP) is 2.88. The first-order valence-corrected chi connectivity index (χ1v) is 6.64. The summed E-state index contributed by atoms with van der Waals surface area (Å²) >= 11 is 0. The van der Waals surface area contributed by atoms with Gasteiger partial charge >= 0.3 is 15.6 Å². The van der Waals surface area contributed by atoms with Gasteiger partial charge in [0.25, 0.3) is 0 Å². The molecule has 2 rings (SSSR count). The second-order valence-electron chi connectivity index (χ2n) is 3.83. The molecule has 0 radical (unpaired) electrons. The monoisotopic (exact) mass is 304 g/mol. The van der Waals surface area contributed by atoms with E-state index in [0.29, 0.717) is 22.6 Å². The van der Waals surface area contributed by atoms with Crippen LogP contribution in [0.15, 0.2) is 36.4 Å². The average Bonchev–Trinajstić information content (AvgIpc) is 2.35. The van der Waals surface area contributed by atoms with Gasteiger partial charge in [0, 0.05) is 5.56 Å². The van der Waals surface area contributed by atoms with E-state index in [1.807, 2.05) is 0 Å². The molecule has 0 unspecified atom stereocenters. The fraction of sp³-hybridized carbons (Fsp3) is 0.0833. The summed E-state index contributed by atoms with van der Waals surface area (Å²) < 4.78 is 62.3. The predicted molar refractivity (Wildman–Crippen MR) is 64.9 cm³/mol. The van der Waals surface area contributed by atoms with E-state index >= 15 is 0 Å². The van der Waals surface area contributed by atoms with Crippen LogP contribution in [0.1, 0.15) is 10.4 Å². The Labute approximate surface area is 111 Å². The van der Waals surface area contributed by atoms with Crippen molar-refractivity contribution >= 4 is 27.2 Å². The van der Waals surface area contributed by atoms with Crippen molar-refractivity contribution in [1.82, 2.24) is 0 Å². The molecule has 0 atom stereocenters. The van der Waals surface area contributed by atoms with Crippen LogP contribution in [-0.4, -0.2) is 20.2 Å². The summed E-state index contributed by atoms with van der Waals surface area (Å²) in [4.78, 5) is 10.8. The van der Waals surface area contributed by atoms with E-state index in [1.165, 1.54) is 24.3 Å². The summed E-state index contributed by atoms with van der Waals surface area (Å²) in [5.41, 5.74) is -5.15. The fourth-order valence-electron chi connectivity index (χ4n) is 1.62. The Morgan fingerprint density at radius 3 is 2.40 bits per heavy atom. The van der Waals surface area contributed by atoms with Crippen molar-refractivity contribution in [2.75, 3.05) is 0 Å². The number of hydrogen-bond acceptors (Lipinski definition) is 4. The number of halogens is 3. The Hall–Kier alpha value is -2.09. The highest BCUT2D eigenvalue weighted by atomic mass is 32.2. The van der Waals surface area contributed by atoms with Gasteiger partial charge in [0.1, 0.15) is 5.75 Å². The third kappa shape index (κ3) is 2.60. The van der Waals surface area contributed by atoms with Gasteiger partial charge < -0.3 is 4.18 Å². The van der Waals surface area contributed by atoms with Gasteiger partial charge in [-0.2, -0.15) is 21.6 Å². The van der Waals surface area contributed by atoms with Gasteiger partial charge in [-0.3, -0.25) is 4.79 Å². The first-order chi connectivity index (χ1) is 9.24. The fourth-order valence-corrected chi connectivity index (χ4v) is 2.07. The number of rotatable bonds is 3. The molecular weight excluding hydrogens is 297 g/mol. The average molecular weight is 304 g/mol. The summed E-state index contributed by atoms with van der Waals surface area (Å²) in [5.74, 6) is -0.474. The minimum absolute atomic E-state index is 0.340. The van der Waals surface area contributed by atoms with Crippen LogP contribution in [0.4, 0.5) is 13.2 Å². The van der Waals surface area contributed by atoms with Gasteiger partial charge in [-0.15, -0.1) is 0 Å². The molecule has 106 valence electrons. The highest BCUT2D eigenvalue weighted by Crippen LogP contribution is 2.29. The van der Waals surface area contributed by atoms with Gasteiger partial charge in [-0.1, -0.05) is 18.2 Å². The SMILES string of the molecule is O=Cc1cccc2cc(OS(=O)(=O)C(F)(F)F)ccc12. The van der Waals surface area contributed by atoms with Crippen LogP contribution < -0.4 is 4.18 Å². The summed E-state index contributed by atoms with van der Waals surface area (Å²) in [7, 11) is -5.70. The largest absolute Gasteiger partial charge is 0.534 e. The maximum Gasteiger partial charge on any atom is 0.534 e. The Bertz CT molecular complexity index is 766. The zero-order chi connectivity index (χ0) is 15.0. The molecule has 0 spiro atoms. The molecular formula is C12H7F3O4S. The van der Waals surface area contributed by atoms with Gasteiger partial charge in [-0.05, 0) is 29.0 Å². The van der Waals surface area contributed by atoms with Crippen molar-refractivity contribution in [3.63, 3.8) is 0 Å². The Morgan fingerprint density at radius 1 is 1.10 bits per heavy atom. The van der Waals surface area contributed by atoms with Crippen LogP contribution in [0.2, 0.25) is 0 Å². The van der Waals surface area contributed by atoms with Crippen molar-refractivity contribution in [2.45, 2.75) is 5.51 Å². The van der Waals surface area contributed by atoms with Gasteiger partial charge in [0.05, 0.1) is 0 Å². The van der Waals surface area contributed by atoms with E-state index in [0.717, 1.165) is 12.1 Å². The van der Waals surface area contributed by atoms with Gasteiger partial charge in [-0.25, -0.2) is 0 Å². The maximum absolute atomic E-state index is 12.2. The van der Waals surface area contributed by atoms with E-state index in [-0.39, 0.29) is 0 Å². The number of carbonyl (C=O) groups is 1. The van der Waals surface area contributed by atoms with E-state index in [9.17, 15) is 26.4 Å². The Morgan fingerprint density at radius 2 is 1.80 bits per heavy atom. The lowest BCUT2D eigenvalue weighted by molar-refractivity contribution is -0.0500. The second-order valence-corrected chi connectivity index (χ2v) is 5.37. The van der Waals surface area contributed by atoms with Crippen molar-refractivity contribution in [3.8, 4) is 5.75 Å². The summed E-state index contributed by atoms with van der Waals surface area (Å²) in [6.45, 7) is 0. The third-order valence-electron chi connectivity index (χ3n) is 2.50. The number of carbonyl (C=O) groups excluding carboxylic acids is 1. The highest BCUT2D eigenvalue weighted by Gasteiger charge is 2.48. The smallest absolute Gasteiger partial charge is 0.376 e. The van der Waals surface area contributed by atoms with Gasteiger partial charge in [0.2, 0.25) is 0 Å².